The van der Waals surface area contributed by atoms with Gasteiger partial charge in [0.2, 0.25) is 0 Å². The summed E-state index contributed by atoms with van der Waals surface area (Å²) in [6, 6.07) is 13.8. The zero-order valence-corrected chi connectivity index (χ0v) is 11.7. The minimum absolute atomic E-state index is 0.129. The van der Waals surface area contributed by atoms with E-state index < -0.39 is 10.0 Å². The maximum atomic E-state index is 12.5. The van der Waals surface area contributed by atoms with Crippen LogP contribution in [0, 0.1) is 6.92 Å². The van der Waals surface area contributed by atoms with Gasteiger partial charge in [-0.3, -0.25) is 4.31 Å². The average Bonchev–Trinajstić information content (AvgIpc) is 2.38. The third-order valence-electron chi connectivity index (χ3n) is 2.92. The summed E-state index contributed by atoms with van der Waals surface area (Å²) in [5.41, 5.74) is 7.61. The first-order valence-corrected chi connectivity index (χ1v) is 7.27. The fourth-order valence-electron chi connectivity index (χ4n) is 1.83. The third-order valence-corrected chi connectivity index (χ3v) is 4.78. The van der Waals surface area contributed by atoms with Crippen LogP contribution < -0.4 is 10.0 Å². The Bertz CT molecular complexity index is 682. The highest BCUT2D eigenvalue weighted by Gasteiger charge is 2.23. The van der Waals surface area contributed by atoms with E-state index in [-0.39, 0.29) is 10.6 Å². The molecule has 0 aliphatic carbocycles. The van der Waals surface area contributed by atoms with Gasteiger partial charge >= 0.3 is 0 Å². The second kappa shape index (κ2) is 4.93. The maximum absolute atomic E-state index is 12.5. The summed E-state index contributed by atoms with van der Waals surface area (Å²) < 4.78 is 26.3. The molecule has 19 heavy (non-hydrogen) atoms. The summed E-state index contributed by atoms with van der Waals surface area (Å²) in [5, 5.41) is 0. The number of nitrogens with two attached hydrogens (primary N) is 1. The molecule has 2 aromatic carbocycles. The van der Waals surface area contributed by atoms with Gasteiger partial charge in [0.25, 0.3) is 10.0 Å². The number of anilines is 2. The van der Waals surface area contributed by atoms with Crippen LogP contribution in [0.3, 0.4) is 0 Å². The van der Waals surface area contributed by atoms with Crippen molar-refractivity contribution in [1.82, 2.24) is 0 Å². The number of aryl methyl sites for hydroxylation is 1. The molecule has 0 amide bonds. The SMILES string of the molecule is Cc1ccc(S(=O)(=O)N(C)c2ccccc2)c(N)c1. The lowest BCUT2D eigenvalue weighted by Gasteiger charge is -2.20. The number of hydrogen-bond acceptors (Lipinski definition) is 3. The van der Waals surface area contributed by atoms with Gasteiger partial charge in [-0.25, -0.2) is 8.42 Å². The molecular weight excluding hydrogens is 260 g/mol. The Morgan fingerprint density at radius 3 is 2.26 bits per heavy atom. The first-order valence-electron chi connectivity index (χ1n) is 5.83. The molecule has 4 nitrogen and oxygen atoms in total. The molecule has 0 aliphatic heterocycles. The van der Waals surface area contributed by atoms with Crippen molar-refractivity contribution >= 4 is 21.4 Å². The molecule has 0 saturated carbocycles. The van der Waals surface area contributed by atoms with Gasteiger partial charge in [0.1, 0.15) is 4.90 Å². The molecule has 0 fully saturated rings. The number of para-hydroxylation sites is 1. The van der Waals surface area contributed by atoms with Crippen molar-refractivity contribution in [3.63, 3.8) is 0 Å². The van der Waals surface area contributed by atoms with Crippen LogP contribution in [0.5, 0.6) is 0 Å². The minimum Gasteiger partial charge on any atom is -0.398 e. The Balaban J connectivity index is 2.48. The van der Waals surface area contributed by atoms with E-state index in [9.17, 15) is 8.42 Å². The second-order valence-corrected chi connectivity index (χ2v) is 6.29. The summed E-state index contributed by atoms with van der Waals surface area (Å²) >= 11 is 0. The van der Waals surface area contributed by atoms with Gasteiger partial charge in [0.05, 0.1) is 11.4 Å². The highest BCUT2D eigenvalue weighted by Crippen LogP contribution is 2.26. The summed E-state index contributed by atoms with van der Waals surface area (Å²) in [6.07, 6.45) is 0. The molecule has 0 unspecified atom stereocenters. The zero-order chi connectivity index (χ0) is 14.0. The zero-order valence-electron chi connectivity index (χ0n) is 10.9. The molecule has 0 spiro atoms. The summed E-state index contributed by atoms with van der Waals surface area (Å²) in [5.74, 6) is 0. The van der Waals surface area contributed by atoms with Crippen LogP contribution in [-0.2, 0) is 10.0 Å². The highest BCUT2D eigenvalue weighted by molar-refractivity contribution is 7.93. The van der Waals surface area contributed by atoms with Crippen molar-refractivity contribution in [2.75, 3.05) is 17.1 Å². The molecule has 0 radical (unpaired) electrons. The van der Waals surface area contributed by atoms with Crippen molar-refractivity contribution in [2.24, 2.45) is 0 Å². The predicted molar refractivity (Wildman–Crippen MR) is 77.6 cm³/mol. The average molecular weight is 276 g/mol. The van der Waals surface area contributed by atoms with Crippen molar-refractivity contribution in [3.8, 4) is 0 Å². The standard InChI is InChI=1S/C14H16N2O2S/c1-11-8-9-14(13(15)10-11)19(17,18)16(2)12-6-4-3-5-7-12/h3-10H,15H2,1-2H3. The third kappa shape index (κ3) is 2.56. The van der Waals surface area contributed by atoms with E-state index in [4.69, 9.17) is 5.73 Å². The lowest BCUT2D eigenvalue weighted by atomic mass is 10.2. The van der Waals surface area contributed by atoms with E-state index in [0.29, 0.717) is 5.69 Å². The minimum atomic E-state index is -3.63. The first-order chi connectivity index (χ1) is 8.93. The smallest absolute Gasteiger partial charge is 0.266 e. The van der Waals surface area contributed by atoms with Crippen LogP contribution in [0.1, 0.15) is 5.56 Å². The monoisotopic (exact) mass is 276 g/mol. The van der Waals surface area contributed by atoms with Gasteiger partial charge < -0.3 is 5.73 Å². The van der Waals surface area contributed by atoms with Crippen LogP contribution in [0.2, 0.25) is 0 Å². The molecule has 100 valence electrons. The summed E-state index contributed by atoms with van der Waals surface area (Å²) in [7, 11) is -2.11. The quantitative estimate of drug-likeness (QED) is 0.876. The molecule has 0 aliphatic rings. The number of hydrogen-bond donors (Lipinski definition) is 1. The van der Waals surface area contributed by atoms with E-state index in [1.165, 1.54) is 11.4 Å². The van der Waals surface area contributed by atoms with E-state index in [2.05, 4.69) is 0 Å². The molecule has 0 heterocycles. The van der Waals surface area contributed by atoms with Gasteiger partial charge in [0, 0.05) is 7.05 Å². The number of rotatable bonds is 3. The van der Waals surface area contributed by atoms with Crippen molar-refractivity contribution < 1.29 is 8.42 Å². The molecule has 2 aromatic rings. The molecule has 0 atom stereocenters. The molecular formula is C14H16N2O2S. The van der Waals surface area contributed by atoms with E-state index in [1.807, 2.05) is 13.0 Å². The van der Waals surface area contributed by atoms with E-state index in [1.54, 1.807) is 42.5 Å². The first kappa shape index (κ1) is 13.4. The fourth-order valence-corrected chi connectivity index (χ4v) is 3.12. The second-order valence-electron chi connectivity index (χ2n) is 4.35. The molecule has 2 N–H and O–H groups in total. The lowest BCUT2D eigenvalue weighted by molar-refractivity contribution is 0.595. The maximum Gasteiger partial charge on any atom is 0.266 e. The predicted octanol–water partition coefficient (Wildman–Crippen LogP) is 2.40. The normalized spacial score (nSPS) is 11.3. The number of benzene rings is 2. The van der Waals surface area contributed by atoms with Gasteiger partial charge in [0.15, 0.2) is 0 Å². The van der Waals surface area contributed by atoms with Crippen LogP contribution in [-0.4, -0.2) is 15.5 Å². The van der Waals surface area contributed by atoms with Gasteiger partial charge in [-0.1, -0.05) is 24.3 Å². The molecule has 2 rings (SSSR count). The van der Waals surface area contributed by atoms with Crippen LogP contribution in [0.15, 0.2) is 53.4 Å². The summed E-state index contributed by atoms with van der Waals surface area (Å²) in [4.78, 5) is 0.129. The molecule has 0 aromatic heterocycles. The van der Waals surface area contributed by atoms with Gasteiger partial charge in [-0.2, -0.15) is 0 Å². The number of nitrogens with zero attached hydrogens (tertiary/aromatic N) is 1. The van der Waals surface area contributed by atoms with Crippen LogP contribution in [0.25, 0.3) is 0 Å². The number of sulfonamides is 1. The van der Waals surface area contributed by atoms with Crippen LogP contribution >= 0.6 is 0 Å². The van der Waals surface area contributed by atoms with Crippen molar-refractivity contribution in [1.29, 1.82) is 0 Å². The Kier molecular flexibility index (Phi) is 3.48. The fraction of sp³-hybridized carbons (Fsp3) is 0.143. The van der Waals surface area contributed by atoms with Crippen LogP contribution in [0.4, 0.5) is 11.4 Å². The van der Waals surface area contributed by atoms with Gasteiger partial charge in [-0.05, 0) is 36.8 Å². The van der Waals surface area contributed by atoms with E-state index >= 15 is 0 Å². The lowest BCUT2D eigenvalue weighted by Crippen LogP contribution is -2.27. The molecule has 0 bridgehead atoms. The largest absolute Gasteiger partial charge is 0.398 e. The summed E-state index contributed by atoms with van der Waals surface area (Å²) in [6.45, 7) is 1.87. The van der Waals surface area contributed by atoms with Crippen molar-refractivity contribution in [3.05, 3.63) is 54.1 Å². The Morgan fingerprint density at radius 1 is 1.05 bits per heavy atom. The Hall–Kier alpha value is -2.01. The number of nitrogen functional groups attached to an aromatic ring is 1. The molecule has 5 heteroatoms. The molecule has 0 saturated heterocycles. The van der Waals surface area contributed by atoms with Gasteiger partial charge in [-0.15, -0.1) is 0 Å². The Morgan fingerprint density at radius 2 is 1.68 bits per heavy atom. The Labute approximate surface area is 113 Å². The topological polar surface area (TPSA) is 63.4 Å². The van der Waals surface area contributed by atoms with E-state index in [0.717, 1.165) is 5.56 Å². The highest BCUT2D eigenvalue weighted by atomic mass is 32.2. The van der Waals surface area contributed by atoms with Crippen molar-refractivity contribution in [2.45, 2.75) is 11.8 Å².